The van der Waals surface area contributed by atoms with Crippen molar-refractivity contribution in [3.63, 3.8) is 0 Å². The number of carbonyl (C=O) groups excluding carboxylic acids is 1. The number of pyridine rings is 2. The third-order valence-corrected chi connectivity index (χ3v) is 7.76. The molecule has 9 nitrogen and oxygen atoms in total. The molecule has 6 rings (SSSR count). The molecule has 9 heteroatoms. The lowest BCUT2D eigenvalue weighted by molar-refractivity contribution is -0.117. The third kappa shape index (κ3) is 5.96. The Morgan fingerprint density at radius 3 is 2.67 bits per heavy atom. The second kappa shape index (κ2) is 12.4. The number of likely N-dealkylation sites (tertiary alicyclic amines) is 1. The first-order chi connectivity index (χ1) is 20.6. The van der Waals surface area contributed by atoms with Crippen molar-refractivity contribution in [2.45, 2.75) is 38.3 Å². The highest BCUT2D eigenvalue weighted by Gasteiger charge is 2.21. The lowest BCUT2D eigenvalue weighted by Gasteiger charge is -2.32. The first-order valence-electron chi connectivity index (χ1n) is 14.4. The van der Waals surface area contributed by atoms with Crippen molar-refractivity contribution in [3.8, 4) is 17.1 Å². The van der Waals surface area contributed by atoms with Gasteiger partial charge in [-0.1, -0.05) is 30.4 Å². The van der Waals surface area contributed by atoms with E-state index in [9.17, 15) is 4.79 Å². The van der Waals surface area contributed by atoms with Gasteiger partial charge in [0.05, 0.1) is 24.6 Å². The number of amides is 1. The first-order valence-corrected chi connectivity index (χ1v) is 14.4. The van der Waals surface area contributed by atoms with Crippen LogP contribution < -0.4 is 11.1 Å². The number of methoxy groups -OCH3 is 1. The van der Waals surface area contributed by atoms with E-state index in [4.69, 9.17) is 20.4 Å². The molecule has 1 aromatic carbocycles. The highest BCUT2D eigenvalue weighted by molar-refractivity contribution is 5.87. The van der Waals surface area contributed by atoms with Gasteiger partial charge in [-0.25, -0.2) is 15.0 Å². The summed E-state index contributed by atoms with van der Waals surface area (Å²) in [4.78, 5) is 28.7. The van der Waals surface area contributed by atoms with Crippen molar-refractivity contribution in [1.29, 1.82) is 0 Å². The summed E-state index contributed by atoms with van der Waals surface area (Å²) in [6.45, 7) is 2.70. The molecular formula is C33H35N7O2. The van der Waals surface area contributed by atoms with Gasteiger partial charge in [-0.15, -0.1) is 0 Å². The van der Waals surface area contributed by atoms with E-state index in [0.29, 0.717) is 11.6 Å². The number of imidazole rings is 1. The molecule has 3 N–H and O–H groups in total. The number of anilines is 1. The summed E-state index contributed by atoms with van der Waals surface area (Å²) >= 11 is 0. The molecule has 0 bridgehead atoms. The van der Waals surface area contributed by atoms with Crippen LogP contribution in [0.3, 0.4) is 0 Å². The van der Waals surface area contributed by atoms with E-state index in [1.54, 1.807) is 6.20 Å². The number of benzene rings is 1. The van der Waals surface area contributed by atoms with Gasteiger partial charge in [0, 0.05) is 43.6 Å². The molecule has 214 valence electrons. The van der Waals surface area contributed by atoms with Crippen LogP contribution in [0, 0.1) is 0 Å². The zero-order chi connectivity index (χ0) is 28.9. The topological polar surface area (TPSA) is 111 Å². The molecule has 1 aliphatic carbocycles. The van der Waals surface area contributed by atoms with E-state index in [2.05, 4.69) is 62.3 Å². The second-order valence-corrected chi connectivity index (χ2v) is 10.6. The number of nitrogens with zero attached hydrogens (tertiary/aromatic N) is 5. The Morgan fingerprint density at radius 1 is 1.10 bits per heavy atom. The number of hydrogen-bond acceptors (Lipinski definition) is 7. The molecule has 1 saturated heterocycles. The summed E-state index contributed by atoms with van der Waals surface area (Å²) in [5, 5.41) is 3.06. The fraction of sp³-hybridized carbons (Fsp3) is 0.273. The maximum atomic E-state index is 12.0. The van der Waals surface area contributed by atoms with Gasteiger partial charge in [-0.05, 0) is 73.2 Å². The average Bonchev–Trinajstić information content (AvgIpc) is 3.40. The molecule has 42 heavy (non-hydrogen) atoms. The standard InChI is InChI=1S/C33H35N7O2/c1-42-21-17-30(41)36-25-15-19-39(20-16-25)22-23-9-11-26(12-10-23)40-32(27-8-5-18-35-31(27)34)38-29-14-13-28(37-33(29)40)24-6-3-2-4-7-24/h3,5-14,17-18,21,25H,2,4,15-16,19-20,22H2,1H3,(H2,34,35)(H,36,41)/b21-17+. The van der Waals surface area contributed by atoms with Crippen LogP contribution in [0.1, 0.15) is 36.9 Å². The van der Waals surface area contributed by atoms with Crippen molar-refractivity contribution < 1.29 is 9.53 Å². The van der Waals surface area contributed by atoms with Crippen molar-refractivity contribution in [2.75, 3.05) is 25.9 Å². The molecule has 1 amide bonds. The summed E-state index contributed by atoms with van der Waals surface area (Å²) in [5.74, 6) is 1.03. The molecule has 0 spiro atoms. The summed E-state index contributed by atoms with van der Waals surface area (Å²) in [6.07, 6.45) is 15.0. The minimum Gasteiger partial charge on any atom is -0.504 e. The number of hydrogen-bond donors (Lipinski definition) is 2. The lowest BCUT2D eigenvalue weighted by Crippen LogP contribution is -2.43. The fourth-order valence-corrected chi connectivity index (χ4v) is 5.58. The first kappa shape index (κ1) is 27.4. The summed E-state index contributed by atoms with van der Waals surface area (Å²) in [7, 11) is 1.53. The van der Waals surface area contributed by atoms with Gasteiger partial charge in [-0.2, -0.15) is 0 Å². The Labute approximate surface area is 245 Å². The number of fused-ring (bicyclic) bond motifs is 1. The van der Waals surface area contributed by atoms with Gasteiger partial charge in [0.25, 0.3) is 0 Å². The highest BCUT2D eigenvalue weighted by atomic mass is 16.5. The number of nitrogens with one attached hydrogen (secondary N) is 1. The Kier molecular flexibility index (Phi) is 8.09. The largest absolute Gasteiger partial charge is 0.504 e. The Morgan fingerprint density at radius 2 is 1.93 bits per heavy atom. The normalized spacial score (nSPS) is 16.2. The Balaban J connectivity index is 1.25. The van der Waals surface area contributed by atoms with Gasteiger partial charge in [0.15, 0.2) is 11.5 Å². The van der Waals surface area contributed by atoms with Gasteiger partial charge >= 0.3 is 0 Å². The van der Waals surface area contributed by atoms with Crippen molar-refractivity contribution in [2.24, 2.45) is 0 Å². The molecule has 0 atom stereocenters. The molecule has 2 aliphatic rings. The van der Waals surface area contributed by atoms with E-state index in [1.807, 2.05) is 24.3 Å². The zero-order valence-corrected chi connectivity index (χ0v) is 23.7. The van der Waals surface area contributed by atoms with E-state index < -0.39 is 0 Å². The van der Waals surface area contributed by atoms with Gasteiger partial charge in [-0.3, -0.25) is 14.3 Å². The zero-order valence-electron chi connectivity index (χ0n) is 23.7. The van der Waals surface area contributed by atoms with Crippen LogP contribution in [0.2, 0.25) is 0 Å². The maximum absolute atomic E-state index is 12.0. The number of ether oxygens (including phenoxy) is 1. The van der Waals surface area contributed by atoms with Crippen LogP contribution in [0.15, 0.2) is 85.3 Å². The molecule has 0 radical (unpaired) electrons. The van der Waals surface area contributed by atoms with E-state index in [0.717, 1.165) is 79.0 Å². The van der Waals surface area contributed by atoms with Gasteiger partial charge < -0.3 is 15.8 Å². The van der Waals surface area contributed by atoms with Crippen molar-refractivity contribution >= 4 is 28.5 Å². The summed E-state index contributed by atoms with van der Waals surface area (Å²) < 4.78 is 6.91. The second-order valence-electron chi connectivity index (χ2n) is 10.6. The number of rotatable bonds is 8. The number of carbonyl (C=O) groups is 1. The minimum absolute atomic E-state index is 0.112. The van der Waals surface area contributed by atoms with Crippen LogP contribution in [0.5, 0.6) is 0 Å². The van der Waals surface area contributed by atoms with Crippen LogP contribution in [-0.4, -0.2) is 56.6 Å². The van der Waals surface area contributed by atoms with E-state index in [-0.39, 0.29) is 11.9 Å². The van der Waals surface area contributed by atoms with Crippen LogP contribution in [0.25, 0.3) is 33.8 Å². The number of nitrogen functional groups attached to an aromatic ring is 1. The monoisotopic (exact) mass is 561 g/mol. The number of aromatic nitrogens is 4. The molecule has 4 aromatic rings. The summed E-state index contributed by atoms with van der Waals surface area (Å²) in [5.41, 5.74) is 12.9. The fourth-order valence-electron chi connectivity index (χ4n) is 5.58. The van der Waals surface area contributed by atoms with Crippen LogP contribution >= 0.6 is 0 Å². The molecule has 0 unspecified atom stereocenters. The van der Waals surface area contributed by atoms with Gasteiger partial charge in [0.2, 0.25) is 5.91 Å². The molecule has 0 saturated carbocycles. The Hall–Kier alpha value is -4.76. The molecule has 4 heterocycles. The number of allylic oxidation sites excluding steroid dienone is 4. The lowest BCUT2D eigenvalue weighted by atomic mass is 10.0. The minimum atomic E-state index is -0.112. The average molecular weight is 562 g/mol. The molecule has 3 aromatic heterocycles. The third-order valence-electron chi connectivity index (χ3n) is 7.76. The predicted octanol–water partition coefficient (Wildman–Crippen LogP) is 5.04. The predicted molar refractivity (Wildman–Crippen MR) is 165 cm³/mol. The van der Waals surface area contributed by atoms with Crippen molar-refractivity contribution in [1.82, 2.24) is 29.7 Å². The molecule has 1 aliphatic heterocycles. The maximum Gasteiger partial charge on any atom is 0.247 e. The van der Waals surface area contributed by atoms with Gasteiger partial charge in [0.1, 0.15) is 11.3 Å². The highest BCUT2D eigenvalue weighted by Crippen LogP contribution is 2.32. The SMILES string of the molecule is CO/C=C/C(=O)NC1CCN(Cc2ccc(-n3c(-c4cccnc4N)nc4ccc(C5=CCCC=C5)nc43)cc2)CC1. The van der Waals surface area contributed by atoms with E-state index in [1.165, 1.54) is 25.0 Å². The Bertz CT molecular complexity index is 1660. The molecule has 1 fully saturated rings. The van der Waals surface area contributed by atoms with Crippen LogP contribution in [-0.2, 0) is 16.1 Å². The quantitative estimate of drug-likeness (QED) is 0.229. The number of piperidine rings is 1. The van der Waals surface area contributed by atoms with Crippen molar-refractivity contribution in [3.05, 3.63) is 96.6 Å². The van der Waals surface area contributed by atoms with E-state index >= 15 is 0 Å². The smallest absolute Gasteiger partial charge is 0.247 e. The number of nitrogens with two attached hydrogens (primary N) is 1. The summed E-state index contributed by atoms with van der Waals surface area (Å²) in [6, 6.07) is 16.6. The van der Waals surface area contributed by atoms with Crippen LogP contribution in [0.4, 0.5) is 5.82 Å². The molecular weight excluding hydrogens is 526 g/mol.